The molecule has 10 heteroatoms. The van der Waals surface area contributed by atoms with E-state index >= 15 is 0 Å². The largest absolute Gasteiger partial charge is 0.497 e. The maximum absolute atomic E-state index is 14.6. The van der Waals surface area contributed by atoms with Gasteiger partial charge in [-0.05, 0) is 72.5 Å². The smallest absolute Gasteiger partial charge is 0.264 e. The van der Waals surface area contributed by atoms with Crippen LogP contribution in [0.3, 0.4) is 0 Å². The number of nitrogens with zero attached hydrogens (tertiary/aromatic N) is 2. The molecule has 2 amide bonds. The summed E-state index contributed by atoms with van der Waals surface area (Å²) in [4.78, 5) is 30.2. The Morgan fingerprint density at radius 3 is 2.15 bits per heavy atom. The Balaban J connectivity index is 1.56. The number of hydrogen-bond donors (Lipinski definition) is 1. The van der Waals surface area contributed by atoms with Crippen LogP contribution in [0.4, 0.5) is 10.1 Å². The number of carbonyl (C=O) groups is 2. The quantitative estimate of drug-likeness (QED) is 0.187. The topological polar surface area (TPSA) is 96.0 Å². The van der Waals surface area contributed by atoms with Gasteiger partial charge in [-0.15, -0.1) is 0 Å². The predicted molar refractivity (Wildman–Crippen MR) is 180 cm³/mol. The molecule has 8 nitrogen and oxygen atoms in total. The molecule has 0 spiro atoms. The van der Waals surface area contributed by atoms with E-state index in [0.717, 1.165) is 54.1 Å². The molecule has 0 unspecified atom stereocenters. The van der Waals surface area contributed by atoms with Gasteiger partial charge < -0.3 is 15.0 Å². The van der Waals surface area contributed by atoms with E-state index in [1.807, 2.05) is 36.4 Å². The number of ether oxygens (including phenoxy) is 1. The first-order chi connectivity index (χ1) is 22.7. The molecule has 4 aromatic carbocycles. The van der Waals surface area contributed by atoms with Gasteiger partial charge in [0.1, 0.15) is 24.2 Å². The number of hydrogen-bond acceptors (Lipinski definition) is 5. The van der Waals surface area contributed by atoms with Gasteiger partial charge in [0.2, 0.25) is 11.8 Å². The van der Waals surface area contributed by atoms with E-state index in [2.05, 4.69) is 5.32 Å². The van der Waals surface area contributed by atoms with Gasteiger partial charge in [-0.3, -0.25) is 13.9 Å². The van der Waals surface area contributed by atoms with Gasteiger partial charge in [0, 0.05) is 19.0 Å². The van der Waals surface area contributed by atoms with Gasteiger partial charge >= 0.3 is 0 Å². The zero-order valence-electron chi connectivity index (χ0n) is 26.4. The second-order valence-electron chi connectivity index (χ2n) is 11.7. The van der Waals surface area contributed by atoms with Crippen LogP contribution in [0, 0.1) is 5.82 Å². The molecule has 4 aromatic rings. The van der Waals surface area contributed by atoms with Crippen LogP contribution in [-0.4, -0.2) is 50.9 Å². The molecule has 1 aliphatic carbocycles. The molecule has 0 heterocycles. The third-order valence-corrected chi connectivity index (χ3v) is 10.2. The van der Waals surface area contributed by atoms with E-state index in [4.69, 9.17) is 4.74 Å². The Morgan fingerprint density at radius 1 is 0.851 bits per heavy atom. The molecule has 1 N–H and O–H groups in total. The van der Waals surface area contributed by atoms with Gasteiger partial charge in [-0.2, -0.15) is 0 Å². The Kier molecular flexibility index (Phi) is 11.3. The molecule has 1 atom stereocenters. The Morgan fingerprint density at radius 2 is 1.49 bits per heavy atom. The molecule has 0 radical (unpaired) electrons. The Bertz CT molecular complexity index is 1730. The molecule has 246 valence electrons. The van der Waals surface area contributed by atoms with Crippen molar-refractivity contribution >= 4 is 27.5 Å². The van der Waals surface area contributed by atoms with Crippen LogP contribution in [-0.2, 0) is 32.6 Å². The number of benzene rings is 4. The number of rotatable bonds is 13. The van der Waals surface area contributed by atoms with Crippen molar-refractivity contribution in [1.82, 2.24) is 10.2 Å². The van der Waals surface area contributed by atoms with Crippen LogP contribution in [0.5, 0.6) is 5.75 Å². The number of methoxy groups -OCH3 is 1. The summed E-state index contributed by atoms with van der Waals surface area (Å²) >= 11 is 0. The molecule has 1 fully saturated rings. The molecule has 0 aliphatic heterocycles. The van der Waals surface area contributed by atoms with Crippen LogP contribution in [0.2, 0.25) is 0 Å². The SMILES string of the molecule is COc1cccc(CN(C(=O)CN(c2ccc(F)cc2)S(=O)(=O)c2ccccc2)[C@@H](Cc2ccccc2)C(=O)NC2CCCCC2)c1. The lowest BCUT2D eigenvalue weighted by Gasteiger charge is -2.35. The highest BCUT2D eigenvalue weighted by Crippen LogP contribution is 2.26. The number of nitrogens with one attached hydrogen (secondary N) is 1. The lowest BCUT2D eigenvalue weighted by molar-refractivity contribution is -0.140. The molecular formula is C37H40FN3O5S. The standard InChI is InChI=1S/C37H40FN3O5S/c1-46-33-17-11-14-29(24-33)26-40(35(25-28-12-5-2-6-13-28)37(43)39-31-15-7-3-8-16-31)36(42)27-41(32-22-20-30(38)21-23-32)47(44,45)34-18-9-4-10-19-34/h2,4-6,9-14,17-24,31,35H,3,7-8,15-16,25-27H2,1H3,(H,39,43)/t35-/m0/s1. The maximum atomic E-state index is 14.6. The fourth-order valence-electron chi connectivity index (χ4n) is 5.92. The van der Waals surface area contributed by atoms with Crippen molar-refractivity contribution in [1.29, 1.82) is 0 Å². The van der Waals surface area contributed by atoms with Gasteiger partial charge in [0.15, 0.2) is 0 Å². The van der Waals surface area contributed by atoms with Crippen LogP contribution in [0.15, 0.2) is 114 Å². The Hall–Kier alpha value is -4.70. The second-order valence-corrected chi connectivity index (χ2v) is 13.6. The average molecular weight is 658 g/mol. The van der Waals surface area contributed by atoms with E-state index in [1.165, 1.54) is 29.2 Å². The van der Waals surface area contributed by atoms with E-state index in [-0.39, 0.29) is 35.5 Å². The molecule has 0 bridgehead atoms. The number of anilines is 1. The summed E-state index contributed by atoms with van der Waals surface area (Å²) in [5, 5.41) is 3.20. The fourth-order valence-corrected chi connectivity index (χ4v) is 7.36. The molecule has 47 heavy (non-hydrogen) atoms. The third-order valence-electron chi connectivity index (χ3n) is 8.43. The van der Waals surface area contributed by atoms with E-state index in [9.17, 15) is 22.4 Å². The van der Waals surface area contributed by atoms with Crippen LogP contribution < -0.4 is 14.4 Å². The van der Waals surface area contributed by atoms with Crippen molar-refractivity contribution in [3.05, 3.63) is 126 Å². The first kappa shape index (κ1) is 33.7. The normalized spacial score (nSPS) is 14.2. The highest BCUT2D eigenvalue weighted by molar-refractivity contribution is 7.92. The third kappa shape index (κ3) is 8.77. The van der Waals surface area contributed by atoms with Crippen LogP contribution >= 0.6 is 0 Å². The van der Waals surface area contributed by atoms with Crippen LogP contribution in [0.1, 0.15) is 43.2 Å². The second kappa shape index (κ2) is 15.7. The minimum absolute atomic E-state index is 0.00235. The van der Waals surface area contributed by atoms with Crippen molar-refractivity contribution in [2.75, 3.05) is 18.0 Å². The summed E-state index contributed by atoms with van der Waals surface area (Å²) in [5.74, 6) is -0.840. The number of carbonyl (C=O) groups excluding carboxylic acids is 2. The predicted octanol–water partition coefficient (Wildman–Crippen LogP) is 6.12. The Labute approximate surface area is 276 Å². The van der Waals surface area contributed by atoms with Gasteiger partial charge in [0.25, 0.3) is 10.0 Å². The van der Waals surface area contributed by atoms with Crippen molar-refractivity contribution in [2.45, 2.75) is 62.0 Å². The lowest BCUT2D eigenvalue weighted by atomic mass is 9.94. The zero-order valence-corrected chi connectivity index (χ0v) is 27.2. The molecule has 5 rings (SSSR count). The monoisotopic (exact) mass is 657 g/mol. The fraction of sp³-hybridized carbons (Fsp3) is 0.297. The molecule has 1 saturated carbocycles. The minimum Gasteiger partial charge on any atom is -0.497 e. The average Bonchev–Trinajstić information content (AvgIpc) is 3.10. The zero-order chi connectivity index (χ0) is 33.2. The first-order valence-corrected chi connectivity index (χ1v) is 17.3. The summed E-state index contributed by atoms with van der Waals surface area (Å²) in [5.41, 5.74) is 1.68. The molecule has 0 saturated heterocycles. The highest BCUT2D eigenvalue weighted by atomic mass is 32.2. The number of sulfonamides is 1. The maximum Gasteiger partial charge on any atom is 0.264 e. The van der Waals surface area contributed by atoms with Crippen molar-refractivity contribution in [3.63, 3.8) is 0 Å². The van der Waals surface area contributed by atoms with Crippen molar-refractivity contribution in [3.8, 4) is 5.75 Å². The molecular weight excluding hydrogens is 617 g/mol. The molecule has 1 aliphatic rings. The van der Waals surface area contributed by atoms with Crippen molar-refractivity contribution in [2.24, 2.45) is 0 Å². The highest BCUT2D eigenvalue weighted by Gasteiger charge is 2.35. The summed E-state index contributed by atoms with van der Waals surface area (Å²) < 4.78 is 48.4. The first-order valence-electron chi connectivity index (χ1n) is 15.8. The van der Waals surface area contributed by atoms with Crippen LogP contribution in [0.25, 0.3) is 0 Å². The summed E-state index contributed by atoms with van der Waals surface area (Å²) in [6, 6.07) is 28.4. The van der Waals surface area contributed by atoms with Crippen molar-refractivity contribution < 1.29 is 27.1 Å². The van der Waals surface area contributed by atoms with E-state index in [1.54, 1.807) is 43.5 Å². The van der Waals surface area contributed by atoms with E-state index in [0.29, 0.717) is 11.3 Å². The minimum atomic E-state index is -4.26. The van der Waals surface area contributed by atoms with Gasteiger partial charge in [-0.25, -0.2) is 12.8 Å². The van der Waals surface area contributed by atoms with E-state index < -0.39 is 34.3 Å². The molecule has 0 aromatic heterocycles. The number of halogens is 1. The summed E-state index contributed by atoms with van der Waals surface area (Å²) in [6.45, 7) is -0.594. The summed E-state index contributed by atoms with van der Waals surface area (Å²) in [6.07, 6.45) is 5.10. The summed E-state index contributed by atoms with van der Waals surface area (Å²) in [7, 11) is -2.72. The van der Waals surface area contributed by atoms with Gasteiger partial charge in [-0.1, -0.05) is 79.9 Å². The van der Waals surface area contributed by atoms with Gasteiger partial charge in [0.05, 0.1) is 17.7 Å². The number of amides is 2. The lowest BCUT2D eigenvalue weighted by Crippen LogP contribution is -2.55.